The fourth-order valence-electron chi connectivity index (χ4n) is 1.79. The van der Waals surface area contributed by atoms with Crippen LogP contribution in [-0.4, -0.2) is 79.9 Å². The lowest BCUT2D eigenvalue weighted by molar-refractivity contribution is -0.175. The quantitative estimate of drug-likeness (QED) is 0.217. The summed E-state index contributed by atoms with van der Waals surface area (Å²) in [4.78, 5) is 36.3. The van der Waals surface area contributed by atoms with E-state index in [2.05, 4.69) is 0 Å². The van der Waals surface area contributed by atoms with Crippen LogP contribution >= 0.6 is 0 Å². The van der Waals surface area contributed by atoms with Crippen molar-refractivity contribution >= 4 is 17.9 Å². The normalized spacial score (nSPS) is 23.3. The van der Waals surface area contributed by atoms with Gasteiger partial charge in [0.05, 0.1) is 26.4 Å². The Labute approximate surface area is 151 Å². The molecule has 0 saturated carbocycles. The van der Waals surface area contributed by atoms with Gasteiger partial charge in [0.1, 0.15) is 24.0 Å². The maximum atomic E-state index is 12.3. The molecular weight excluding hydrogens is 350 g/mol. The molecule has 1 aliphatic heterocycles. The third-order valence-electron chi connectivity index (χ3n) is 4.22. The summed E-state index contributed by atoms with van der Waals surface area (Å²) in [6.07, 6.45) is 0. The third kappa shape index (κ3) is 4.91. The molecule has 0 aromatic heterocycles. The van der Waals surface area contributed by atoms with Crippen LogP contribution in [0.15, 0.2) is 0 Å². The number of esters is 3. The predicted molar refractivity (Wildman–Crippen MR) is 86.7 cm³/mol. The Balaban J connectivity index is 2.78. The topological polar surface area (TPSA) is 158 Å². The zero-order chi connectivity index (χ0) is 20.0. The summed E-state index contributed by atoms with van der Waals surface area (Å²) in [5.74, 6) is -2.33. The fourth-order valence-corrected chi connectivity index (χ4v) is 1.79. The number of carbonyl (C=O) groups is 3. The zero-order valence-electron chi connectivity index (χ0n) is 15.3. The van der Waals surface area contributed by atoms with Crippen LogP contribution < -0.4 is 5.73 Å². The van der Waals surface area contributed by atoms with Crippen molar-refractivity contribution in [3.05, 3.63) is 0 Å². The Bertz CT molecular complexity index is 528. The number of nitrogens with two attached hydrogens (primary N) is 1. The average molecular weight is 377 g/mol. The van der Waals surface area contributed by atoms with Gasteiger partial charge >= 0.3 is 17.9 Å². The molecule has 1 rings (SSSR count). The highest BCUT2D eigenvalue weighted by Gasteiger charge is 2.54. The number of aliphatic hydroxyl groups excluding tert-OH is 2. The van der Waals surface area contributed by atoms with Crippen LogP contribution in [-0.2, 0) is 33.3 Å². The molecule has 150 valence electrons. The molecule has 4 N–H and O–H groups in total. The maximum absolute atomic E-state index is 12.3. The first-order valence-electron chi connectivity index (χ1n) is 8.20. The molecule has 1 heterocycles. The highest BCUT2D eigenvalue weighted by atomic mass is 16.7. The van der Waals surface area contributed by atoms with Gasteiger partial charge in [-0.1, -0.05) is 0 Å². The van der Waals surface area contributed by atoms with Crippen LogP contribution in [0.5, 0.6) is 0 Å². The molecule has 3 atom stereocenters. The van der Waals surface area contributed by atoms with E-state index >= 15 is 0 Å². The van der Waals surface area contributed by atoms with Crippen molar-refractivity contribution < 1.29 is 43.5 Å². The smallest absolute Gasteiger partial charge is 0.343 e. The summed E-state index contributed by atoms with van der Waals surface area (Å²) in [5.41, 5.74) is 1.30. The van der Waals surface area contributed by atoms with Gasteiger partial charge in [-0.3, -0.25) is 9.59 Å². The van der Waals surface area contributed by atoms with Crippen molar-refractivity contribution in [2.45, 2.75) is 26.4 Å². The second kappa shape index (κ2) is 8.76. The van der Waals surface area contributed by atoms with Gasteiger partial charge < -0.3 is 34.9 Å². The van der Waals surface area contributed by atoms with Crippen molar-refractivity contribution in [3.63, 3.8) is 0 Å². The molecule has 1 saturated heterocycles. The predicted octanol–water partition coefficient (Wildman–Crippen LogP) is -1.64. The Kier molecular flexibility index (Phi) is 7.51. The van der Waals surface area contributed by atoms with E-state index in [0.717, 1.165) is 0 Å². The fraction of sp³-hybridized carbons (Fsp3) is 0.812. The molecule has 0 aromatic rings. The van der Waals surface area contributed by atoms with Crippen molar-refractivity contribution in [1.29, 1.82) is 0 Å². The van der Waals surface area contributed by atoms with Crippen molar-refractivity contribution in [2.24, 2.45) is 16.6 Å². The molecule has 0 radical (unpaired) electrons. The summed E-state index contributed by atoms with van der Waals surface area (Å²) in [5, 5.41) is 18.4. The molecule has 0 spiro atoms. The van der Waals surface area contributed by atoms with Gasteiger partial charge in [-0.05, 0) is 20.8 Å². The SMILES string of the molecule is CCOC(=O)C(C)(COC(=O)C(C)(CN)CO)COC(=O)C1(CO)CO1. The van der Waals surface area contributed by atoms with Crippen molar-refractivity contribution in [2.75, 3.05) is 46.2 Å². The number of hydrogen-bond donors (Lipinski definition) is 3. The molecule has 10 nitrogen and oxygen atoms in total. The van der Waals surface area contributed by atoms with Gasteiger partial charge in [0.15, 0.2) is 0 Å². The second-order valence-electron chi connectivity index (χ2n) is 6.80. The van der Waals surface area contributed by atoms with Gasteiger partial charge in [0.25, 0.3) is 0 Å². The van der Waals surface area contributed by atoms with Gasteiger partial charge in [-0.2, -0.15) is 0 Å². The number of aliphatic hydroxyl groups is 2. The number of hydrogen-bond acceptors (Lipinski definition) is 10. The highest BCUT2D eigenvalue weighted by Crippen LogP contribution is 2.30. The maximum Gasteiger partial charge on any atom is 0.343 e. The number of carbonyl (C=O) groups excluding carboxylic acids is 3. The summed E-state index contributed by atoms with van der Waals surface area (Å²) in [7, 11) is 0. The van der Waals surface area contributed by atoms with E-state index in [9.17, 15) is 19.5 Å². The monoisotopic (exact) mass is 377 g/mol. The van der Waals surface area contributed by atoms with E-state index in [1.54, 1.807) is 6.92 Å². The summed E-state index contributed by atoms with van der Waals surface area (Å²) in [6.45, 7) is 2.44. The van der Waals surface area contributed by atoms with Crippen molar-refractivity contribution in [1.82, 2.24) is 0 Å². The second-order valence-corrected chi connectivity index (χ2v) is 6.80. The molecule has 26 heavy (non-hydrogen) atoms. The standard InChI is InChI=1S/C16H27NO9/c1-4-23-12(21)15(3,8-24-11(20)14(2,5-17)6-18)9-25-13(22)16(7-19)10-26-16/h18-19H,4-10,17H2,1-3H3. The van der Waals surface area contributed by atoms with Crippen molar-refractivity contribution in [3.8, 4) is 0 Å². The van der Waals surface area contributed by atoms with E-state index in [0.29, 0.717) is 0 Å². The number of ether oxygens (including phenoxy) is 4. The Morgan fingerprint density at radius 1 is 1.08 bits per heavy atom. The largest absolute Gasteiger partial charge is 0.465 e. The lowest BCUT2D eigenvalue weighted by Gasteiger charge is -2.29. The van der Waals surface area contributed by atoms with Crippen LogP contribution in [0.2, 0.25) is 0 Å². The Hall–Kier alpha value is -1.75. The van der Waals surface area contributed by atoms with E-state index < -0.39 is 60.8 Å². The molecular formula is C16H27NO9. The first-order chi connectivity index (χ1) is 12.1. The average Bonchev–Trinajstić information content (AvgIpc) is 3.44. The molecule has 3 unspecified atom stereocenters. The van der Waals surface area contributed by atoms with Crippen LogP contribution in [0.4, 0.5) is 0 Å². The number of epoxide rings is 1. The molecule has 1 fully saturated rings. The summed E-state index contributed by atoms with van der Waals surface area (Å²) >= 11 is 0. The minimum absolute atomic E-state index is 0.0266. The van der Waals surface area contributed by atoms with Gasteiger partial charge in [-0.15, -0.1) is 0 Å². The van der Waals surface area contributed by atoms with E-state index in [1.165, 1.54) is 13.8 Å². The highest BCUT2D eigenvalue weighted by molar-refractivity contribution is 5.83. The minimum Gasteiger partial charge on any atom is -0.465 e. The number of rotatable bonds is 11. The molecule has 1 aliphatic rings. The zero-order valence-corrected chi connectivity index (χ0v) is 15.3. The first-order valence-corrected chi connectivity index (χ1v) is 8.20. The molecule has 0 amide bonds. The van der Waals surface area contributed by atoms with Crippen LogP contribution in [0.25, 0.3) is 0 Å². The lowest BCUT2D eigenvalue weighted by atomic mass is 9.90. The molecule has 0 aliphatic carbocycles. The lowest BCUT2D eigenvalue weighted by Crippen LogP contribution is -2.45. The van der Waals surface area contributed by atoms with E-state index in [4.69, 9.17) is 29.8 Å². The summed E-state index contributed by atoms with van der Waals surface area (Å²) in [6, 6.07) is 0. The minimum atomic E-state index is -1.47. The van der Waals surface area contributed by atoms with Crippen LogP contribution in [0.1, 0.15) is 20.8 Å². The van der Waals surface area contributed by atoms with Gasteiger partial charge in [-0.25, -0.2) is 4.79 Å². The Morgan fingerprint density at radius 2 is 1.62 bits per heavy atom. The van der Waals surface area contributed by atoms with Gasteiger partial charge in [0.2, 0.25) is 5.60 Å². The summed E-state index contributed by atoms with van der Waals surface area (Å²) < 4.78 is 20.0. The van der Waals surface area contributed by atoms with E-state index in [1.807, 2.05) is 0 Å². The van der Waals surface area contributed by atoms with Crippen LogP contribution in [0.3, 0.4) is 0 Å². The third-order valence-corrected chi connectivity index (χ3v) is 4.22. The van der Waals surface area contributed by atoms with E-state index in [-0.39, 0.29) is 19.8 Å². The first kappa shape index (κ1) is 22.3. The molecule has 10 heteroatoms. The van der Waals surface area contributed by atoms with Gasteiger partial charge in [0, 0.05) is 6.54 Å². The molecule has 0 aromatic carbocycles. The molecule has 0 bridgehead atoms. The van der Waals surface area contributed by atoms with Crippen LogP contribution in [0, 0.1) is 10.8 Å². The Morgan fingerprint density at radius 3 is 2.04 bits per heavy atom.